The third kappa shape index (κ3) is 6.92. The van der Waals surface area contributed by atoms with Crippen LogP contribution in [0.25, 0.3) is 0 Å². The molecule has 0 atom stereocenters. The fraction of sp³-hybridized carbons (Fsp3) is 0.433. The maximum Gasteiger partial charge on any atom is 0.429 e. The van der Waals surface area contributed by atoms with Crippen molar-refractivity contribution in [2.45, 2.75) is 38.1 Å². The highest BCUT2D eigenvalue weighted by atomic mass is 79.9. The zero-order valence-electron chi connectivity index (χ0n) is 22.4. The Morgan fingerprint density at radius 2 is 1.68 bits per heavy atom. The molecule has 0 aromatic heterocycles. The van der Waals surface area contributed by atoms with Gasteiger partial charge in [0.05, 0.1) is 16.6 Å². The van der Waals surface area contributed by atoms with Gasteiger partial charge in [-0.3, -0.25) is 4.79 Å². The number of benzene rings is 2. The van der Waals surface area contributed by atoms with Crippen molar-refractivity contribution in [2.24, 2.45) is 5.92 Å². The van der Waals surface area contributed by atoms with E-state index in [0.29, 0.717) is 24.7 Å². The number of esters is 2. The van der Waals surface area contributed by atoms with E-state index < -0.39 is 24.3 Å². The van der Waals surface area contributed by atoms with Gasteiger partial charge in [0.2, 0.25) is 0 Å². The van der Waals surface area contributed by atoms with E-state index in [2.05, 4.69) is 33.0 Å². The van der Waals surface area contributed by atoms with E-state index in [1.54, 1.807) is 13.2 Å². The maximum absolute atomic E-state index is 12.9. The van der Waals surface area contributed by atoms with E-state index in [-0.39, 0.29) is 11.5 Å². The topological polar surface area (TPSA) is 101 Å². The summed E-state index contributed by atoms with van der Waals surface area (Å²) in [4.78, 5) is 39.1. The lowest BCUT2D eigenvalue weighted by atomic mass is 9.90. The van der Waals surface area contributed by atoms with Crippen molar-refractivity contribution in [3.8, 4) is 11.5 Å². The molecule has 0 radical (unpaired) electrons. The first-order valence-corrected chi connectivity index (χ1v) is 14.2. The summed E-state index contributed by atoms with van der Waals surface area (Å²) in [5, 5.41) is 0. The number of fused-ring (bicyclic) bond motifs is 1. The Morgan fingerprint density at radius 1 is 0.950 bits per heavy atom. The van der Waals surface area contributed by atoms with Gasteiger partial charge in [0, 0.05) is 25.8 Å². The number of ketones is 1. The van der Waals surface area contributed by atoms with Crippen molar-refractivity contribution in [3.05, 3.63) is 69.7 Å². The van der Waals surface area contributed by atoms with Crippen LogP contribution >= 0.6 is 15.9 Å². The summed E-state index contributed by atoms with van der Waals surface area (Å²) in [6, 6.07) is 11.7. The molecular weight excluding hydrogens is 582 g/mol. The summed E-state index contributed by atoms with van der Waals surface area (Å²) in [5.74, 6) is -2.30. The summed E-state index contributed by atoms with van der Waals surface area (Å²) < 4.78 is 27.9. The molecule has 1 saturated heterocycles. The van der Waals surface area contributed by atoms with E-state index in [0.717, 1.165) is 73.3 Å². The molecule has 0 saturated carbocycles. The van der Waals surface area contributed by atoms with Gasteiger partial charge in [-0.15, -0.1) is 0 Å². The lowest BCUT2D eigenvalue weighted by Crippen LogP contribution is -2.48. The second-order valence-corrected chi connectivity index (χ2v) is 11.1. The number of carbonyl (C=O) groups is 3. The van der Waals surface area contributed by atoms with Gasteiger partial charge < -0.3 is 28.6 Å². The van der Waals surface area contributed by atoms with E-state index in [1.165, 1.54) is 5.56 Å². The van der Waals surface area contributed by atoms with Gasteiger partial charge in [0.1, 0.15) is 24.5 Å². The first-order valence-electron chi connectivity index (χ1n) is 13.4. The van der Waals surface area contributed by atoms with Crippen LogP contribution in [-0.2, 0) is 36.6 Å². The average Bonchev–Trinajstić information content (AvgIpc) is 3.07. The Hall–Kier alpha value is -3.21. The monoisotopic (exact) mass is 613 g/mol. The number of halogens is 1. The number of methoxy groups -OCH3 is 1. The van der Waals surface area contributed by atoms with Gasteiger partial charge in [-0.05, 0) is 96.0 Å². The predicted octanol–water partition coefficient (Wildman–Crippen LogP) is 4.25. The smallest absolute Gasteiger partial charge is 0.429 e. The molecule has 1 spiro atoms. The van der Waals surface area contributed by atoms with Crippen LogP contribution in [0.3, 0.4) is 0 Å². The van der Waals surface area contributed by atoms with Gasteiger partial charge in [0.15, 0.2) is 5.78 Å². The predicted molar refractivity (Wildman–Crippen MR) is 148 cm³/mol. The molecule has 10 heteroatoms. The normalized spacial score (nSPS) is 19.0. The first-order chi connectivity index (χ1) is 19.3. The maximum atomic E-state index is 12.9. The van der Waals surface area contributed by atoms with Crippen LogP contribution in [0.15, 0.2) is 53.0 Å². The number of rotatable bonds is 9. The standard InChI is InChI=1S/C30H32BrNO8/c1-36-14-15-37-27-18-22(2-4-24(27)31)16-21-9-12-32(13-10-21)11-8-20-3-5-26-23(17-20)25(33)19-30(38-26)39-28(34)6-7-29(35)40-30/h2-7,17-18,21H,8-16,19H2,1H3. The summed E-state index contributed by atoms with van der Waals surface area (Å²) in [7, 11) is 1.66. The van der Waals surface area contributed by atoms with E-state index in [4.69, 9.17) is 23.7 Å². The molecular formula is C30H32BrNO8. The van der Waals surface area contributed by atoms with Crippen LogP contribution in [0.4, 0.5) is 0 Å². The van der Waals surface area contributed by atoms with Crippen molar-refractivity contribution in [1.29, 1.82) is 0 Å². The zero-order chi connectivity index (χ0) is 28.1. The minimum Gasteiger partial charge on any atom is -0.490 e. The minimum absolute atomic E-state index is 0.225. The van der Waals surface area contributed by atoms with Crippen LogP contribution in [0.5, 0.6) is 11.5 Å². The number of ether oxygens (including phenoxy) is 5. The molecule has 1 fully saturated rings. The van der Waals surface area contributed by atoms with Crippen LogP contribution < -0.4 is 9.47 Å². The second-order valence-electron chi connectivity index (χ2n) is 10.2. The molecule has 2 aromatic carbocycles. The Bertz CT molecular complexity index is 1280. The number of nitrogens with zero attached hydrogens (tertiary/aromatic N) is 1. The Morgan fingerprint density at radius 3 is 2.40 bits per heavy atom. The van der Waals surface area contributed by atoms with Crippen LogP contribution in [-0.4, -0.2) is 68.6 Å². The summed E-state index contributed by atoms with van der Waals surface area (Å²) in [6.45, 7) is 4.02. The van der Waals surface area contributed by atoms with E-state index in [1.807, 2.05) is 18.2 Å². The van der Waals surface area contributed by atoms with Crippen LogP contribution in [0, 0.1) is 5.92 Å². The lowest BCUT2D eigenvalue weighted by Gasteiger charge is -2.34. The quantitative estimate of drug-likeness (QED) is 0.303. The number of hydrogen-bond donors (Lipinski definition) is 0. The van der Waals surface area contributed by atoms with Gasteiger partial charge >= 0.3 is 17.9 Å². The molecule has 40 heavy (non-hydrogen) atoms. The molecule has 3 heterocycles. The third-order valence-corrected chi connectivity index (χ3v) is 8.00. The fourth-order valence-electron chi connectivity index (χ4n) is 5.24. The number of piperidine rings is 1. The first kappa shape index (κ1) is 28.3. The summed E-state index contributed by atoms with van der Waals surface area (Å²) in [6.07, 6.45) is 5.57. The third-order valence-electron chi connectivity index (χ3n) is 7.34. The number of likely N-dealkylation sites (tertiary alicyclic amines) is 1. The molecule has 0 bridgehead atoms. The fourth-order valence-corrected chi connectivity index (χ4v) is 5.60. The second kappa shape index (κ2) is 12.5. The Kier molecular flexibility index (Phi) is 8.87. The molecule has 3 aliphatic heterocycles. The van der Waals surface area contributed by atoms with Crippen molar-refractivity contribution in [1.82, 2.24) is 4.90 Å². The van der Waals surface area contributed by atoms with Crippen molar-refractivity contribution < 1.29 is 38.1 Å². The highest BCUT2D eigenvalue weighted by Crippen LogP contribution is 2.37. The van der Waals surface area contributed by atoms with Crippen LogP contribution in [0.2, 0.25) is 0 Å². The lowest BCUT2D eigenvalue weighted by molar-refractivity contribution is -0.302. The molecule has 9 nitrogen and oxygen atoms in total. The summed E-state index contributed by atoms with van der Waals surface area (Å²) in [5.41, 5.74) is 2.69. The van der Waals surface area contributed by atoms with Gasteiger partial charge in [-0.25, -0.2) is 9.59 Å². The van der Waals surface area contributed by atoms with Gasteiger partial charge in [0.25, 0.3) is 0 Å². The van der Waals surface area contributed by atoms with E-state index >= 15 is 0 Å². The summed E-state index contributed by atoms with van der Waals surface area (Å²) >= 11 is 3.56. The molecule has 0 unspecified atom stereocenters. The van der Waals surface area contributed by atoms with Gasteiger partial charge in [-0.2, -0.15) is 0 Å². The highest BCUT2D eigenvalue weighted by molar-refractivity contribution is 9.10. The molecule has 0 N–H and O–H groups in total. The number of carbonyl (C=O) groups excluding carboxylic acids is 3. The minimum atomic E-state index is -2.07. The van der Waals surface area contributed by atoms with Gasteiger partial charge in [-0.1, -0.05) is 12.1 Å². The van der Waals surface area contributed by atoms with E-state index in [9.17, 15) is 14.4 Å². The average molecular weight is 614 g/mol. The zero-order valence-corrected chi connectivity index (χ0v) is 23.9. The van der Waals surface area contributed by atoms with Crippen LogP contribution in [0.1, 0.15) is 40.7 Å². The molecule has 3 aliphatic rings. The molecule has 0 aliphatic carbocycles. The largest absolute Gasteiger partial charge is 0.490 e. The van der Waals surface area contributed by atoms with Crippen molar-refractivity contribution in [3.63, 3.8) is 0 Å². The number of Topliss-reactive ketones (excluding diaryl/α,β-unsaturated/α-hetero) is 1. The molecule has 5 rings (SSSR count). The van der Waals surface area contributed by atoms with Crippen molar-refractivity contribution in [2.75, 3.05) is 40.0 Å². The highest BCUT2D eigenvalue weighted by Gasteiger charge is 2.49. The van der Waals surface area contributed by atoms with Crippen molar-refractivity contribution >= 4 is 33.7 Å². The molecule has 212 valence electrons. The number of hydrogen-bond acceptors (Lipinski definition) is 9. The Balaban J connectivity index is 1.12. The SMILES string of the molecule is COCCOc1cc(CC2CCN(CCc3ccc4c(c3)C(=O)CC3(OC(=O)C=CC(=O)O3)O4)CC2)ccc1Br. The molecule has 2 aromatic rings. The Labute approximate surface area is 241 Å². The molecule has 0 amide bonds.